The van der Waals surface area contributed by atoms with Gasteiger partial charge in [0.25, 0.3) is 0 Å². The van der Waals surface area contributed by atoms with Crippen molar-refractivity contribution in [3.63, 3.8) is 0 Å². The molecule has 5 nitrogen and oxygen atoms in total. The average Bonchev–Trinajstić information content (AvgIpc) is 2.38. The Labute approximate surface area is 117 Å². The van der Waals surface area contributed by atoms with Crippen LogP contribution in [0.1, 0.15) is 22.3 Å². The number of carboxylic acid groups (broad SMARTS) is 1. The monoisotopic (exact) mass is 303 g/mol. The van der Waals surface area contributed by atoms with Crippen molar-refractivity contribution in [1.29, 1.82) is 0 Å². The van der Waals surface area contributed by atoms with E-state index < -0.39 is 36.2 Å². The maximum atomic E-state index is 12.0. The molecule has 114 valence electrons. The van der Waals surface area contributed by atoms with Gasteiger partial charge in [0.15, 0.2) is 5.78 Å². The number of hydrogen-bond acceptors (Lipinski definition) is 4. The Balaban J connectivity index is 2.72. The van der Waals surface area contributed by atoms with Crippen molar-refractivity contribution in [3.8, 4) is 0 Å². The fourth-order valence-corrected chi connectivity index (χ4v) is 1.52. The van der Waals surface area contributed by atoms with Gasteiger partial charge in [-0.3, -0.25) is 14.4 Å². The molecular weight excluding hydrogens is 291 g/mol. The highest BCUT2D eigenvalue weighted by Crippen LogP contribution is 2.19. The smallest absolute Gasteiger partial charge is 0.450 e. The highest BCUT2D eigenvalue weighted by atomic mass is 19.4. The number of carbonyl (C=O) groups excluding carboxylic acids is 2. The topological polar surface area (TPSA) is 97.5 Å². The molecule has 8 heteroatoms. The predicted molar refractivity (Wildman–Crippen MR) is 65.8 cm³/mol. The Morgan fingerprint density at radius 1 is 1.14 bits per heavy atom. The van der Waals surface area contributed by atoms with Crippen molar-refractivity contribution >= 4 is 17.5 Å². The molecule has 1 atom stereocenters. The molecule has 3 N–H and O–H groups in total. The van der Waals surface area contributed by atoms with Crippen LogP contribution in [0, 0.1) is 0 Å². The molecule has 0 saturated carbocycles. The Hall–Kier alpha value is -2.22. The molecule has 0 aliphatic carbocycles. The third-order valence-electron chi connectivity index (χ3n) is 2.69. The van der Waals surface area contributed by atoms with Gasteiger partial charge in [-0.2, -0.15) is 13.2 Å². The first-order valence-corrected chi connectivity index (χ1v) is 5.82. The summed E-state index contributed by atoms with van der Waals surface area (Å²) in [5, 5.41) is 8.64. The molecule has 0 bridgehead atoms. The minimum atomic E-state index is -5.04. The quantitative estimate of drug-likeness (QED) is 0.610. The number of nitrogens with two attached hydrogens (primary N) is 1. The molecular formula is C13H12F3NO4. The standard InChI is InChI=1S/C13H12F3NO4/c14-13(15,16)11(19)6-10(18)8-3-1-7(2-4-8)5-9(17)12(20)21/h1-4,9H,5-6,17H2,(H,20,21)/t9-/m0/s1. The molecule has 0 aliphatic heterocycles. The molecule has 0 saturated heterocycles. The molecule has 0 aliphatic rings. The number of alkyl halides is 3. The average molecular weight is 303 g/mol. The number of carboxylic acids is 1. The van der Waals surface area contributed by atoms with Crippen LogP contribution in [-0.4, -0.2) is 34.9 Å². The van der Waals surface area contributed by atoms with Gasteiger partial charge >= 0.3 is 12.1 Å². The zero-order valence-corrected chi connectivity index (χ0v) is 10.7. The van der Waals surface area contributed by atoms with Gasteiger partial charge in [-0.05, 0) is 12.0 Å². The van der Waals surface area contributed by atoms with Crippen LogP contribution >= 0.6 is 0 Å². The van der Waals surface area contributed by atoms with Gasteiger partial charge in [-0.25, -0.2) is 0 Å². The van der Waals surface area contributed by atoms with Crippen LogP contribution in [0.2, 0.25) is 0 Å². The molecule has 0 amide bonds. The molecule has 1 aromatic carbocycles. The van der Waals surface area contributed by atoms with Gasteiger partial charge in [0.2, 0.25) is 5.78 Å². The van der Waals surface area contributed by atoms with E-state index in [0.29, 0.717) is 5.56 Å². The molecule has 21 heavy (non-hydrogen) atoms. The summed E-state index contributed by atoms with van der Waals surface area (Å²) in [6.07, 6.45) is -6.27. The van der Waals surface area contributed by atoms with Crippen LogP contribution in [0.4, 0.5) is 13.2 Å². The summed E-state index contributed by atoms with van der Waals surface area (Å²) < 4.78 is 36.1. The number of halogens is 3. The molecule has 0 heterocycles. The first-order valence-electron chi connectivity index (χ1n) is 5.82. The van der Waals surface area contributed by atoms with Crippen LogP contribution in [0.15, 0.2) is 24.3 Å². The van der Waals surface area contributed by atoms with E-state index in [1.54, 1.807) is 0 Å². The third-order valence-corrected chi connectivity index (χ3v) is 2.69. The van der Waals surface area contributed by atoms with E-state index in [9.17, 15) is 27.6 Å². The van der Waals surface area contributed by atoms with Crippen LogP contribution in [0.3, 0.4) is 0 Å². The van der Waals surface area contributed by atoms with E-state index in [0.717, 1.165) is 0 Å². The summed E-state index contributed by atoms with van der Waals surface area (Å²) in [7, 11) is 0. The highest BCUT2D eigenvalue weighted by Gasteiger charge is 2.39. The Kier molecular flexibility index (Phi) is 5.20. The summed E-state index contributed by atoms with van der Waals surface area (Å²) in [5.74, 6) is -4.25. The third kappa shape index (κ3) is 4.99. The lowest BCUT2D eigenvalue weighted by atomic mass is 10.0. The van der Waals surface area contributed by atoms with Crippen LogP contribution in [0.5, 0.6) is 0 Å². The molecule has 1 aromatic rings. The first kappa shape index (κ1) is 16.8. The van der Waals surface area contributed by atoms with E-state index in [-0.39, 0.29) is 12.0 Å². The van der Waals surface area contributed by atoms with E-state index in [1.807, 2.05) is 0 Å². The highest BCUT2D eigenvalue weighted by molar-refractivity contribution is 6.09. The minimum absolute atomic E-state index is 0.0191. The summed E-state index contributed by atoms with van der Waals surface area (Å²) in [4.78, 5) is 32.8. The number of rotatable bonds is 6. The van der Waals surface area contributed by atoms with Crippen molar-refractivity contribution in [3.05, 3.63) is 35.4 Å². The zero-order valence-electron chi connectivity index (χ0n) is 10.7. The largest absolute Gasteiger partial charge is 0.480 e. The fraction of sp³-hybridized carbons (Fsp3) is 0.308. The van der Waals surface area contributed by atoms with Crippen molar-refractivity contribution < 1.29 is 32.7 Å². The van der Waals surface area contributed by atoms with Crippen molar-refractivity contribution in [2.24, 2.45) is 5.73 Å². The van der Waals surface area contributed by atoms with Crippen molar-refractivity contribution in [2.75, 3.05) is 0 Å². The van der Waals surface area contributed by atoms with Crippen molar-refractivity contribution in [2.45, 2.75) is 25.1 Å². The SMILES string of the molecule is N[C@@H](Cc1ccc(C(=O)CC(=O)C(F)(F)F)cc1)C(=O)O. The summed E-state index contributed by atoms with van der Waals surface area (Å²) in [6, 6.07) is 4.12. The maximum Gasteiger partial charge on any atom is 0.450 e. The maximum absolute atomic E-state index is 12.0. The van der Waals surface area contributed by atoms with Gasteiger partial charge < -0.3 is 10.8 Å². The Morgan fingerprint density at radius 2 is 1.67 bits per heavy atom. The van der Waals surface area contributed by atoms with Crippen molar-refractivity contribution in [1.82, 2.24) is 0 Å². The van der Waals surface area contributed by atoms with Gasteiger partial charge in [-0.15, -0.1) is 0 Å². The number of aliphatic carboxylic acids is 1. The van der Waals surface area contributed by atoms with E-state index in [2.05, 4.69) is 0 Å². The molecule has 0 fully saturated rings. The van der Waals surface area contributed by atoms with Crippen LogP contribution in [0.25, 0.3) is 0 Å². The number of hydrogen-bond donors (Lipinski definition) is 2. The number of carbonyl (C=O) groups is 3. The molecule has 0 aromatic heterocycles. The molecule has 0 radical (unpaired) electrons. The van der Waals surface area contributed by atoms with Gasteiger partial charge in [0, 0.05) is 5.56 Å². The van der Waals surface area contributed by atoms with E-state index in [1.165, 1.54) is 24.3 Å². The minimum Gasteiger partial charge on any atom is -0.480 e. The predicted octanol–water partition coefficient (Wildman–Crippen LogP) is 1.35. The summed E-state index contributed by atoms with van der Waals surface area (Å²) >= 11 is 0. The van der Waals surface area contributed by atoms with Crippen LogP contribution in [-0.2, 0) is 16.0 Å². The number of benzene rings is 1. The lowest BCUT2D eigenvalue weighted by Crippen LogP contribution is -2.32. The lowest BCUT2D eigenvalue weighted by molar-refractivity contribution is -0.170. The Bertz CT molecular complexity index is 552. The van der Waals surface area contributed by atoms with Crippen LogP contribution < -0.4 is 5.73 Å². The number of Topliss-reactive ketones (excluding diaryl/α,β-unsaturated/α-hetero) is 2. The molecule has 1 rings (SSSR count). The molecule has 0 unspecified atom stereocenters. The fourth-order valence-electron chi connectivity index (χ4n) is 1.52. The van der Waals surface area contributed by atoms with E-state index in [4.69, 9.17) is 10.8 Å². The summed E-state index contributed by atoms with van der Waals surface area (Å²) in [6.45, 7) is 0. The first-order chi connectivity index (χ1) is 9.61. The second kappa shape index (κ2) is 6.49. The number of ketones is 2. The normalized spacial score (nSPS) is 12.8. The Morgan fingerprint density at radius 3 is 2.10 bits per heavy atom. The lowest BCUT2D eigenvalue weighted by Gasteiger charge is -2.07. The van der Waals surface area contributed by atoms with Gasteiger partial charge in [0.05, 0.1) is 6.42 Å². The van der Waals surface area contributed by atoms with E-state index >= 15 is 0 Å². The van der Waals surface area contributed by atoms with Gasteiger partial charge in [0.1, 0.15) is 6.04 Å². The zero-order chi connectivity index (χ0) is 16.2. The molecule has 0 spiro atoms. The second-order valence-corrected chi connectivity index (χ2v) is 4.37. The van der Waals surface area contributed by atoms with Gasteiger partial charge in [-0.1, -0.05) is 24.3 Å². The second-order valence-electron chi connectivity index (χ2n) is 4.37. The summed E-state index contributed by atoms with van der Waals surface area (Å²) in [5.41, 5.74) is 5.79.